The molecule has 3 aliphatic heterocycles. The lowest BCUT2D eigenvalue weighted by Gasteiger charge is -2.27. The van der Waals surface area contributed by atoms with Crippen molar-refractivity contribution in [2.75, 3.05) is 24.7 Å². The molecule has 0 aliphatic carbocycles. The molecular formula is C21H25N9O10P2S2. The number of nitrogens with two attached hydrogens (primary N) is 2. The largest absolute Gasteiger partial charge is 0.397 e. The van der Waals surface area contributed by atoms with Crippen LogP contribution in [0.5, 0.6) is 0 Å². The topological polar surface area (TPSA) is 259 Å². The van der Waals surface area contributed by atoms with Gasteiger partial charge in [-0.05, 0) is 17.9 Å². The van der Waals surface area contributed by atoms with E-state index >= 15 is 0 Å². The summed E-state index contributed by atoms with van der Waals surface area (Å²) in [4.78, 5) is 42.5. The van der Waals surface area contributed by atoms with Crippen LogP contribution in [-0.4, -0.2) is 87.8 Å². The highest BCUT2D eigenvalue weighted by molar-refractivity contribution is 8.44. The molecule has 23 heteroatoms. The van der Waals surface area contributed by atoms with Gasteiger partial charge in [0.2, 0.25) is 5.95 Å². The van der Waals surface area contributed by atoms with Crippen LogP contribution >= 0.6 is 25.8 Å². The van der Waals surface area contributed by atoms with Gasteiger partial charge in [0.25, 0.3) is 5.56 Å². The van der Waals surface area contributed by atoms with Crippen LogP contribution in [-0.2, 0) is 43.9 Å². The predicted octanol–water partition coefficient (Wildman–Crippen LogP) is 0.347. The standard InChI is InChI=1S/C21H25N9O10P2S2/c22-9-1-2-24-16-12(9)25-6-29(16)20-14(31)15-11(38-20)5-36-41(33,43)39-10-3-8(4-35-42(34,44)40-15)37-19(10)30-7-26-13-17(30)27-21(23)28-18(13)32/h1-2,6-8,10-11,14-15,19-20,31H,3-5H2,(H2,22,24)(H,33,43)(H,34,44)(H3,23,27,28,32)/t8-,10-,11+,14-,15?,19+,20+,41?,42?/m0/s1. The number of H-pyrrole nitrogens is 1. The number of fused-ring (bicyclic) bond motifs is 5. The Morgan fingerprint density at radius 1 is 1.02 bits per heavy atom. The van der Waals surface area contributed by atoms with E-state index in [4.69, 9.17) is 50.8 Å². The highest BCUT2D eigenvalue weighted by atomic mass is 32.7. The first-order valence-corrected chi connectivity index (χ1v) is 18.3. The fraction of sp³-hybridized carbons (Fsp3) is 0.476. The summed E-state index contributed by atoms with van der Waals surface area (Å²) in [5, 5.41) is 11.3. The number of hydrogen-bond acceptors (Lipinski definition) is 16. The number of rotatable bonds is 2. The molecule has 0 aromatic carbocycles. The first-order valence-electron chi connectivity index (χ1n) is 13.0. The van der Waals surface area contributed by atoms with Gasteiger partial charge in [0, 0.05) is 12.6 Å². The van der Waals surface area contributed by atoms with Gasteiger partial charge in [-0.25, -0.2) is 19.5 Å². The number of nitrogen functional groups attached to an aromatic ring is 2. The van der Waals surface area contributed by atoms with Crippen molar-refractivity contribution in [2.24, 2.45) is 0 Å². The summed E-state index contributed by atoms with van der Waals surface area (Å²) in [6.45, 7) is -8.96. The second-order valence-electron chi connectivity index (χ2n) is 10.2. The monoisotopic (exact) mass is 689 g/mol. The molecule has 7 N–H and O–H groups in total. The number of imidazole rings is 2. The van der Waals surface area contributed by atoms with Crippen LogP contribution in [0.25, 0.3) is 22.3 Å². The lowest BCUT2D eigenvalue weighted by atomic mass is 10.1. The smallest absolute Gasteiger partial charge is 0.386 e. The van der Waals surface area contributed by atoms with Crippen molar-refractivity contribution >= 4 is 71.5 Å². The van der Waals surface area contributed by atoms with Crippen LogP contribution in [0.15, 0.2) is 29.7 Å². The van der Waals surface area contributed by atoms with Gasteiger partial charge in [0.1, 0.15) is 29.9 Å². The second kappa shape index (κ2) is 11.1. The van der Waals surface area contributed by atoms with E-state index < -0.39 is 68.7 Å². The van der Waals surface area contributed by atoms with Crippen molar-refractivity contribution in [3.63, 3.8) is 0 Å². The predicted molar refractivity (Wildman–Crippen MR) is 158 cm³/mol. The number of pyridine rings is 1. The number of aliphatic hydroxyl groups excluding tert-OH is 1. The van der Waals surface area contributed by atoms with Gasteiger partial charge >= 0.3 is 13.5 Å². The van der Waals surface area contributed by atoms with E-state index in [1.807, 2.05) is 0 Å². The fourth-order valence-corrected chi connectivity index (χ4v) is 8.33. The molecule has 236 valence electrons. The number of aromatic nitrogens is 7. The number of aromatic amines is 1. The number of anilines is 2. The van der Waals surface area contributed by atoms with Crippen LogP contribution < -0.4 is 17.0 Å². The first-order chi connectivity index (χ1) is 20.9. The van der Waals surface area contributed by atoms with Crippen molar-refractivity contribution in [1.29, 1.82) is 0 Å². The van der Waals surface area contributed by atoms with Gasteiger partial charge in [-0.15, -0.1) is 0 Å². The van der Waals surface area contributed by atoms with Gasteiger partial charge in [0.05, 0.1) is 37.7 Å². The first kappa shape index (κ1) is 30.2. The molecule has 44 heavy (non-hydrogen) atoms. The summed E-state index contributed by atoms with van der Waals surface area (Å²) in [6.07, 6.45) is -3.62. The summed E-state index contributed by atoms with van der Waals surface area (Å²) < 4.78 is 51.1. The second-order valence-corrected chi connectivity index (χ2v) is 15.8. The molecule has 7 heterocycles. The molecule has 7 rings (SSSR count). The van der Waals surface area contributed by atoms with Crippen molar-refractivity contribution in [1.82, 2.24) is 34.1 Å². The Hall–Kier alpha value is -2.52. The van der Waals surface area contributed by atoms with Crippen LogP contribution in [0.1, 0.15) is 18.9 Å². The van der Waals surface area contributed by atoms with E-state index in [0.717, 1.165) is 0 Å². The minimum absolute atomic E-state index is 0.00955. The number of aliphatic hydroxyl groups is 1. The third-order valence-electron chi connectivity index (χ3n) is 7.29. The lowest BCUT2D eigenvalue weighted by Crippen LogP contribution is -2.36. The molecule has 2 bridgehead atoms. The molecule has 3 aliphatic rings. The van der Waals surface area contributed by atoms with Gasteiger partial charge in [-0.1, -0.05) is 12.2 Å². The molecule has 3 saturated heterocycles. The third-order valence-corrected chi connectivity index (χ3v) is 10.5. The molecule has 0 saturated carbocycles. The van der Waals surface area contributed by atoms with E-state index in [1.54, 1.807) is 6.07 Å². The fourth-order valence-electron chi connectivity index (χ4n) is 5.38. The molecule has 3 fully saturated rings. The summed E-state index contributed by atoms with van der Waals surface area (Å²) in [7, 11) is 0. The number of nitrogens with one attached hydrogen (secondary N) is 1. The Labute approximate surface area is 256 Å². The molecule has 19 nitrogen and oxygen atoms in total. The van der Waals surface area contributed by atoms with E-state index in [1.165, 1.54) is 28.0 Å². The average Bonchev–Trinajstić information content (AvgIpc) is 3.72. The Morgan fingerprint density at radius 3 is 2.57 bits per heavy atom. The van der Waals surface area contributed by atoms with Gasteiger partial charge in [-0.2, -0.15) is 4.98 Å². The number of nitrogens with zero attached hydrogens (tertiary/aromatic N) is 6. The van der Waals surface area contributed by atoms with Crippen molar-refractivity contribution in [3.8, 4) is 0 Å². The number of hydrogen-bond donors (Lipinski definition) is 6. The Morgan fingerprint density at radius 2 is 1.77 bits per heavy atom. The molecule has 0 spiro atoms. The maximum Gasteiger partial charge on any atom is 0.386 e. The maximum atomic E-state index is 13.4. The maximum absolute atomic E-state index is 13.4. The Balaban J connectivity index is 1.19. The Bertz CT molecular complexity index is 1910. The van der Waals surface area contributed by atoms with Crippen molar-refractivity contribution in [3.05, 3.63) is 35.3 Å². The highest BCUT2D eigenvalue weighted by Gasteiger charge is 2.51. The van der Waals surface area contributed by atoms with E-state index in [2.05, 4.69) is 37.2 Å². The van der Waals surface area contributed by atoms with Crippen LogP contribution in [0.3, 0.4) is 0 Å². The van der Waals surface area contributed by atoms with Crippen molar-refractivity contribution in [2.45, 2.75) is 49.4 Å². The van der Waals surface area contributed by atoms with Gasteiger partial charge in [0.15, 0.2) is 29.3 Å². The zero-order valence-electron chi connectivity index (χ0n) is 22.2. The van der Waals surface area contributed by atoms with Crippen LogP contribution in [0.2, 0.25) is 0 Å². The zero-order chi connectivity index (χ0) is 31.0. The molecule has 3 unspecified atom stereocenters. The Kier molecular flexibility index (Phi) is 7.59. The minimum atomic E-state index is -4.17. The van der Waals surface area contributed by atoms with Crippen LogP contribution in [0, 0.1) is 0 Å². The molecule has 4 aromatic rings. The highest BCUT2D eigenvalue weighted by Crippen LogP contribution is 2.58. The average molecular weight is 690 g/mol. The van der Waals surface area contributed by atoms with Crippen molar-refractivity contribution < 1.29 is 42.1 Å². The van der Waals surface area contributed by atoms with Crippen LogP contribution in [0.4, 0.5) is 11.6 Å². The van der Waals surface area contributed by atoms with Gasteiger partial charge < -0.3 is 40.0 Å². The zero-order valence-corrected chi connectivity index (χ0v) is 25.7. The summed E-state index contributed by atoms with van der Waals surface area (Å²) in [5.74, 6) is -0.153. The normalized spacial score (nSPS) is 36.6. The van der Waals surface area contributed by atoms with E-state index in [0.29, 0.717) is 16.9 Å². The minimum Gasteiger partial charge on any atom is -0.397 e. The summed E-state index contributed by atoms with van der Waals surface area (Å²) in [5.41, 5.74) is 12.3. The molecule has 9 atom stereocenters. The third kappa shape index (κ3) is 5.46. The molecule has 0 radical (unpaired) electrons. The SMILES string of the molecule is Nc1nc2c(ncn2[C@@H]2O[C@@H]3COP(=O)(S)OC4[C@@H](COP(O)(=S)O[C@H]2C3)O[C@@H](n2cnc3c(N)ccnc32)[C@H]4O)c(=O)[nH]1. The number of ether oxygens (including phenoxy) is 2. The number of thiol groups is 1. The van der Waals surface area contributed by atoms with E-state index in [-0.39, 0.29) is 30.1 Å². The van der Waals surface area contributed by atoms with E-state index in [9.17, 15) is 19.4 Å². The molecule has 4 aromatic heterocycles. The molecular weight excluding hydrogens is 664 g/mol. The quantitative estimate of drug-likeness (QED) is 0.122. The summed E-state index contributed by atoms with van der Waals surface area (Å²) in [6, 6.07) is 1.57. The molecule has 0 amide bonds. The lowest BCUT2D eigenvalue weighted by molar-refractivity contribution is -0.0592. The summed E-state index contributed by atoms with van der Waals surface area (Å²) >= 11 is 9.43. The van der Waals surface area contributed by atoms with Gasteiger partial charge in [-0.3, -0.25) is 28.0 Å².